The lowest BCUT2D eigenvalue weighted by Crippen LogP contribution is -2.23. The molecule has 2 aromatic rings. The van der Waals surface area contributed by atoms with E-state index in [-0.39, 0.29) is 17.4 Å². The van der Waals surface area contributed by atoms with Crippen molar-refractivity contribution in [3.63, 3.8) is 0 Å². The van der Waals surface area contributed by atoms with E-state index in [0.29, 0.717) is 12.1 Å². The van der Waals surface area contributed by atoms with Crippen LogP contribution >= 0.6 is 0 Å². The summed E-state index contributed by atoms with van der Waals surface area (Å²) in [5.41, 5.74) is 13.0. The minimum atomic E-state index is -0.183. The summed E-state index contributed by atoms with van der Waals surface area (Å²) in [7, 11) is 1.92. The van der Waals surface area contributed by atoms with Crippen molar-refractivity contribution in [1.29, 1.82) is 0 Å². The number of aromatic nitrogens is 2. The van der Waals surface area contributed by atoms with Crippen LogP contribution in [0.4, 0.5) is 0 Å². The zero-order valence-electron chi connectivity index (χ0n) is 15.7. The largest absolute Gasteiger partial charge is 0.370 e. The van der Waals surface area contributed by atoms with Crippen LogP contribution in [0.2, 0.25) is 0 Å². The van der Waals surface area contributed by atoms with Crippen LogP contribution in [0, 0.1) is 0 Å². The van der Waals surface area contributed by atoms with Gasteiger partial charge in [0.05, 0.1) is 5.56 Å². The normalized spacial score (nSPS) is 10.9. The van der Waals surface area contributed by atoms with Crippen molar-refractivity contribution in [1.82, 2.24) is 14.9 Å². The molecule has 0 aliphatic rings. The molecule has 0 saturated heterocycles. The molecule has 0 spiro atoms. The number of aryl methyl sites for hydroxylation is 1. The SMILES string of the molecule is CC(C)c1nc(=O)c(-c2ccc(CNCCCN=C(N)N)cc2)cn1C. The Kier molecular flexibility index (Phi) is 6.91. The first-order chi connectivity index (χ1) is 12.4. The lowest BCUT2D eigenvalue weighted by Gasteiger charge is -2.12. The van der Waals surface area contributed by atoms with Crippen LogP contribution in [0.5, 0.6) is 0 Å². The van der Waals surface area contributed by atoms with Crippen molar-refractivity contribution in [2.75, 3.05) is 13.1 Å². The van der Waals surface area contributed by atoms with Gasteiger partial charge in [-0.05, 0) is 24.1 Å². The third kappa shape index (κ3) is 5.42. The Balaban J connectivity index is 1.98. The Hall–Kier alpha value is -2.67. The van der Waals surface area contributed by atoms with E-state index in [1.807, 2.05) is 55.9 Å². The summed E-state index contributed by atoms with van der Waals surface area (Å²) in [6.45, 7) is 6.27. The van der Waals surface area contributed by atoms with Gasteiger partial charge in [-0.15, -0.1) is 0 Å². The smallest absolute Gasteiger partial charge is 0.280 e. The molecule has 0 aliphatic carbocycles. The van der Waals surface area contributed by atoms with Crippen LogP contribution < -0.4 is 22.3 Å². The minimum absolute atomic E-state index is 0.127. The maximum absolute atomic E-state index is 12.3. The fraction of sp³-hybridized carbons (Fsp3) is 0.421. The van der Waals surface area contributed by atoms with Crippen LogP contribution in [0.1, 0.15) is 37.6 Å². The van der Waals surface area contributed by atoms with Gasteiger partial charge in [-0.25, -0.2) is 0 Å². The second-order valence-corrected chi connectivity index (χ2v) is 6.62. The van der Waals surface area contributed by atoms with E-state index < -0.39 is 0 Å². The highest BCUT2D eigenvalue weighted by Crippen LogP contribution is 2.18. The second kappa shape index (κ2) is 9.15. The number of hydrogen-bond acceptors (Lipinski definition) is 4. The molecule has 0 atom stereocenters. The Morgan fingerprint density at radius 1 is 1.27 bits per heavy atom. The maximum Gasteiger partial charge on any atom is 0.280 e. The average Bonchev–Trinajstić information content (AvgIpc) is 2.60. The van der Waals surface area contributed by atoms with Crippen molar-refractivity contribution < 1.29 is 0 Å². The molecule has 0 bridgehead atoms. The van der Waals surface area contributed by atoms with E-state index in [1.54, 1.807) is 0 Å². The third-order valence-corrected chi connectivity index (χ3v) is 4.05. The van der Waals surface area contributed by atoms with Crippen LogP contribution in [-0.4, -0.2) is 28.6 Å². The van der Waals surface area contributed by atoms with Gasteiger partial charge < -0.3 is 21.4 Å². The molecule has 140 valence electrons. The topological polar surface area (TPSA) is 111 Å². The molecular formula is C19H28N6O. The maximum atomic E-state index is 12.3. The molecular weight excluding hydrogens is 328 g/mol. The van der Waals surface area contributed by atoms with Crippen molar-refractivity contribution in [3.05, 3.63) is 52.2 Å². The molecule has 0 radical (unpaired) electrons. The van der Waals surface area contributed by atoms with Gasteiger partial charge in [-0.3, -0.25) is 9.79 Å². The average molecular weight is 356 g/mol. The van der Waals surface area contributed by atoms with Gasteiger partial charge in [0, 0.05) is 32.3 Å². The van der Waals surface area contributed by atoms with Gasteiger partial charge in [0.15, 0.2) is 5.96 Å². The van der Waals surface area contributed by atoms with Gasteiger partial charge >= 0.3 is 0 Å². The molecule has 7 nitrogen and oxygen atoms in total. The van der Waals surface area contributed by atoms with E-state index in [1.165, 1.54) is 0 Å². The molecule has 0 saturated carbocycles. The highest BCUT2D eigenvalue weighted by atomic mass is 16.1. The number of aliphatic imine (C=N–C) groups is 1. The molecule has 1 aromatic carbocycles. The number of benzene rings is 1. The summed E-state index contributed by atoms with van der Waals surface area (Å²) in [6.07, 6.45) is 2.74. The van der Waals surface area contributed by atoms with E-state index in [2.05, 4.69) is 15.3 Å². The highest BCUT2D eigenvalue weighted by molar-refractivity contribution is 5.75. The molecule has 0 unspecified atom stereocenters. The summed E-state index contributed by atoms with van der Waals surface area (Å²) < 4.78 is 1.92. The van der Waals surface area contributed by atoms with Crippen molar-refractivity contribution in [3.8, 4) is 11.1 Å². The molecule has 0 aliphatic heterocycles. The Bertz CT molecular complexity index is 804. The van der Waals surface area contributed by atoms with Gasteiger partial charge in [-0.1, -0.05) is 38.1 Å². The summed E-state index contributed by atoms with van der Waals surface area (Å²) >= 11 is 0. The molecule has 7 heteroatoms. The molecule has 1 heterocycles. The number of nitrogens with zero attached hydrogens (tertiary/aromatic N) is 3. The third-order valence-electron chi connectivity index (χ3n) is 4.05. The van der Waals surface area contributed by atoms with Crippen LogP contribution in [0.25, 0.3) is 11.1 Å². The Labute approximate surface area is 154 Å². The van der Waals surface area contributed by atoms with Crippen molar-refractivity contribution >= 4 is 5.96 Å². The zero-order valence-corrected chi connectivity index (χ0v) is 15.7. The molecule has 2 rings (SSSR count). The fourth-order valence-corrected chi connectivity index (χ4v) is 2.74. The number of nitrogens with two attached hydrogens (primary N) is 2. The minimum Gasteiger partial charge on any atom is -0.370 e. The first-order valence-electron chi connectivity index (χ1n) is 8.81. The molecule has 26 heavy (non-hydrogen) atoms. The first kappa shape index (κ1) is 19.7. The summed E-state index contributed by atoms with van der Waals surface area (Å²) in [5, 5.41) is 3.35. The predicted molar refractivity (Wildman–Crippen MR) is 106 cm³/mol. The number of nitrogens with one attached hydrogen (secondary N) is 1. The Morgan fingerprint density at radius 2 is 1.96 bits per heavy atom. The monoisotopic (exact) mass is 356 g/mol. The lowest BCUT2D eigenvalue weighted by molar-refractivity contribution is 0.655. The van der Waals surface area contributed by atoms with Crippen LogP contribution in [-0.2, 0) is 13.6 Å². The summed E-state index contributed by atoms with van der Waals surface area (Å²) in [5.74, 6) is 1.13. The van der Waals surface area contributed by atoms with Crippen LogP contribution in [0.15, 0.2) is 40.2 Å². The van der Waals surface area contributed by atoms with E-state index in [4.69, 9.17) is 11.5 Å². The van der Waals surface area contributed by atoms with E-state index in [9.17, 15) is 4.79 Å². The van der Waals surface area contributed by atoms with Gasteiger partial charge in [0.2, 0.25) is 0 Å². The number of rotatable bonds is 8. The number of guanidine groups is 1. The highest BCUT2D eigenvalue weighted by Gasteiger charge is 2.10. The summed E-state index contributed by atoms with van der Waals surface area (Å²) in [4.78, 5) is 20.5. The van der Waals surface area contributed by atoms with Crippen molar-refractivity contribution in [2.24, 2.45) is 23.5 Å². The fourth-order valence-electron chi connectivity index (χ4n) is 2.74. The first-order valence-corrected chi connectivity index (χ1v) is 8.81. The van der Waals surface area contributed by atoms with E-state index in [0.717, 1.165) is 36.5 Å². The zero-order chi connectivity index (χ0) is 19.1. The molecule has 0 fully saturated rings. The standard InChI is InChI=1S/C19H28N6O/c1-13(2)17-24-18(26)16(12-25(17)3)15-7-5-14(6-8-15)11-22-9-4-10-23-19(20)21/h5-8,12-13,22H,4,9-11H2,1-3H3,(H4,20,21,23). The number of hydrogen-bond donors (Lipinski definition) is 3. The van der Waals surface area contributed by atoms with Crippen LogP contribution in [0.3, 0.4) is 0 Å². The molecule has 1 aromatic heterocycles. The summed E-state index contributed by atoms with van der Waals surface area (Å²) in [6, 6.07) is 7.97. The second-order valence-electron chi connectivity index (χ2n) is 6.62. The predicted octanol–water partition coefficient (Wildman–Crippen LogP) is 1.32. The Morgan fingerprint density at radius 3 is 2.58 bits per heavy atom. The quantitative estimate of drug-likeness (QED) is 0.375. The van der Waals surface area contributed by atoms with Gasteiger partial charge in [-0.2, -0.15) is 4.98 Å². The van der Waals surface area contributed by atoms with Gasteiger partial charge in [0.1, 0.15) is 5.82 Å². The lowest BCUT2D eigenvalue weighted by atomic mass is 10.1. The molecule has 0 amide bonds. The van der Waals surface area contributed by atoms with Crippen molar-refractivity contribution in [2.45, 2.75) is 32.7 Å². The van der Waals surface area contributed by atoms with Gasteiger partial charge in [0.25, 0.3) is 5.56 Å². The van der Waals surface area contributed by atoms with E-state index >= 15 is 0 Å². The molecule has 5 N–H and O–H groups in total.